The van der Waals surface area contributed by atoms with Crippen LogP contribution >= 0.6 is 0 Å². The molecule has 5 heteroatoms. The molecule has 0 N–H and O–H groups in total. The topological polar surface area (TPSA) is 48.5 Å². The van der Waals surface area contributed by atoms with Crippen LogP contribution in [0.15, 0.2) is 297 Å². The summed E-state index contributed by atoms with van der Waals surface area (Å²) in [6.45, 7) is 0. The molecule has 0 radical (unpaired) electrons. The lowest BCUT2D eigenvalue weighted by Gasteiger charge is -2.19. The number of nitrogens with zero attached hydrogens (tertiary/aromatic N) is 5. The van der Waals surface area contributed by atoms with Gasteiger partial charge in [-0.3, -0.25) is 4.57 Å². The van der Waals surface area contributed by atoms with Crippen molar-refractivity contribution < 1.29 is 0 Å². The summed E-state index contributed by atoms with van der Waals surface area (Å²) in [4.78, 5) is 16.6. The average Bonchev–Trinajstić information content (AvgIpc) is 4.19. The van der Waals surface area contributed by atoms with Gasteiger partial charge in [-0.05, 0) is 86.0 Å². The van der Waals surface area contributed by atoms with Crippen LogP contribution in [0.25, 0.3) is 145 Å². The molecule has 0 atom stereocenters. The summed E-state index contributed by atoms with van der Waals surface area (Å²) in [6, 6.07) is 106. The first kappa shape index (κ1) is 46.5. The fourth-order valence-electron chi connectivity index (χ4n) is 11.9. The lowest BCUT2D eigenvalue weighted by Crippen LogP contribution is -2.07. The molecule has 0 fully saturated rings. The molecule has 0 unspecified atom stereocenters. The first-order valence-corrected chi connectivity index (χ1v) is 27.2. The van der Waals surface area contributed by atoms with Gasteiger partial charge in [-0.2, -0.15) is 9.97 Å². The fourth-order valence-corrected chi connectivity index (χ4v) is 11.9. The second-order valence-corrected chi connectivity index (χ2v) is 20.3. The Balaban J connectivity index is 1.09. The molecule has 0 spiro atoms. The molecule has 15 aromatic rings. The highest BCUT2D eigenvalue weighted by molar-refractivity contribution is 6.33. The molecule has 3 heterocycles. The van der Waals surface area contributed by atoms with E-state index in [0.717, 1.165) is 116 Å². The number of aromatic nitrogens is 5. The Kier molecular flexibility index (Phi) is 11.4. The Morgan fingerprint density at radius 1 is 0.225 bits per heavy atom. The molecule has 0 saturated heterocycles. The zero-order chi connectivity index (χ0) is 52.9. The van der Waals surface area contributed by atoms with E-state index >= 15 is 0 Å². The summed E-state index contributed by atoms with van der Waals surface area (Å²) >= 11 is 0. The Hall–Kier alpha value is -10.8. The molecule has 0 amide bonds. The minimum atomic E-state index is 0.518. The smallest absolute Gasteiger partial charge is 0.238 e. The standard InChI is InChI=1S/C75H49N5/c1-6-21-50(22-7-1)54-37-43-57(44-38-54)67-68(58-45-39-55(40-46-58)51-23-8-2-9-24-51)70-64-34-17-19-36-66(64)80(72(70)71-69(67)63-33-16-18-35-65(63)79(71)62-31-14-5-15-32-62)75-77-73(59-47-41-56(42-48-59)52-25-10-3-11-26-52)76-74(78-75)61-30-20-29-60(49-61)53-27-12-4-13-28-53/h1-49H. The van der Waals surface area contributed by atoms with Crippen molar-refractivity contribution in [3.05, 3.63) is 297 Å². The first-order valence-electron chi connectivity index (χ1n) is 27.2. The van der Waals surface area contributed by atoms with Crippen LogP contribution in [0.4, 0.5) is 0 Å². The van der Waals surface area contributed by atoms with Crippen LogP contribution in [0.5, 0.6) is 0 Å². The molecular formula is C75H49N5. The summed E-state index contributed by atoms with van der Waals surface area (Å²) in [5.41, 5.74) is 20.6. The largest absolute Gasteiger partial charge is 0.307 e. The van der Waals surface area contributed by atoms with Crippen LogP contribution in [0.2, 0.25) is 0 Å². The predicted octanol–water partition coefficient (Wildman–Crippen LogP) is 19.4. The summed E-state index contributed by atoms with van der Waals surface area (Å²) in [5.74, 6) is 1.67. The highest BCUT2D eigenvalue weighted by atomic mass is 15.2. The molecule has 374 valence electrons. The quantitative estimate of drug-likeness (QED) is 0.137. The number of fused-ring (bicyclic) bond motifs is 7. The number of para-hydroxylation sites is 3. The molecule has 5 nitrogen and oxygen atoms in total. The van der Waals surface area contributed by atoms with Crippen molar-refractivity contribution in [3.63, 3.8) is 0 Å². The minimum Gasteiger partial charge on any atom is -0.307 e. The predicted molar refractivity (Wildman–Crippen MR) is 332 cm³/mol. The van der Waals surface area contributed by atoms with E-state index in [1.54, 1.807) is 0 Å². The molecule has 0 aliphatic rings. The van der Waals surface area contributed by atoms with Gasteiger partial charge in [-0.25, -0.2) is 4.98 Å². The van der Waals surface area contributed by atoms with Gasteiger partial charge in [0.25, 0.3) is 0 Å². The lowest BCUT2D eigenvalue weighted by molar-refractivity contribution is 0.953. The monoisotopic (exact) mass is 1020 g/mol. The average molecular weight is 1020 g/mol. The maximum atomic E-state index is 5.63. The Morgan fingerprint density at radius 2 is 0.550 bits per heavy atom. The molecule has 0 aliphatic carbocycles. The van der Waals surface area contributed by atoms with Gasteiger partial charge < -0.3 is 4.57 Å². The van der Waals surface area contributed by atoms with Crippen molar-refractivity contribution in [2.75, 3.05) is 0 Å². The van der Waals surface area contributed by atoms with Crippen LogP contribution in [0.3, 0.4) is 0 Å². The molecule has 80 heavy (non-hydrogen) atoms. The van der Waals surface area contributed by atoms with Gasteiger partial charge in [0.1, 0.15) is 0 Å². The molecule has 0 bridgehead atoms. The van der Waals surface area contributed by atoms with Crippen LogP contribution in [0.1, 0.15) is 0 Å². The minimum absolute atomic E-state index is 0.518. The second kappa shape index (κ2) is 19.7. The number of hydrogen-bond acceptors (Lipinski definition) is 3. The van der Waals surface area contributed by atoms with Crippen molar-refractivity contribution in [2.45, 2.75) is 0 Å². The molecule has 0 saturated carbocycles. The molecule has 0 aliphatic heterocycles. The fraction of sp³-hybridized carbons (Fsp3) is 0. The highest BCUT2D eigenvalue weighted by Crippen LogP contribution is 2.52. The van der Waals surface area contributed by atoms with E-state index in [0.29, 0.717) is 17.6 Å². The third-order valence-electron chi connectivity index (χ3n) is 15.6. The van der Waals surface area contributed by atoms with Gasteiger partial charge in [0.15, 0.2) is 11.6 Å². The first-order chi connectivity index (χ1) is 39.7. The maximum Gasteiger partial charge on any atom is 0.238 e. The molecular weight excluding hydrogens is 971 g/mol. The van der Waals surface area contributed by atoms with Gasteiger partial charge in [0.05, 0.1) is 22.1 Å². The van der Waals surface area contributed by atoms with Crippen LogP contribution in [-0.2, 0) is 0 Å². The van der Waals surface area contributed by atoms with Crippen LogP contribution < -0.4 is 0 Å². The van der Waals surface area contributed by atoms with Crippen LogP contribution in [-0.4, -0.2) is 24.1 Å². The summed E-state index contributed by atoms with van der Waals surface area (Å²) in [6.07, 6.45) is 0. The number of benzene rings is 12. The van der Waals surface area contributed by atoms with Crippen molar-refractivity contribution >= 4 is 43.6 Å². The van der Waals surface area contributed by atoms with Gasteiger partial charge in [0.2, 0.25) is 5.95 Å². The maximum absolute atomic E-state index is 5.63. The third kappa shape index (κ3) is 8.07. The van der Waals surface area contributed by atoms with E-state index in [1.807, 2.05) is 0 Å². The van der Waals surface area contributed by atoms with E-state index in [2.05, 4.69) is 306 Å². The Morgan fingerprint density at radius 3 is 1.02 bits per heavy atom. The van der Waals surface area contributed by atoms with Crippen molar-refractivity contribution in [2.24, 2.45) is 0 Å². The van der Waals surface area contributed by atoms with Gasteiger partial charge >= 0.3 is 0 Å². The molecule has 12 aromatic carbocycles. The zero-order valence-corrected chi connectivity index (χ0v) is 43.5. The Labute approximate surface area is 463 Å². The zero-order valence-electron chi connectivity index (χ0n) is 43.5. The number of rotatable bonds is 10. The van der Waals surface area contributed by atoms with Gasteiger partial charge in [-0.1, -0.05) is 267 Å². The van der Waals surface area contributed by atoms with E-state index in [-0.39, 0.29) is 0 Å². The second-order valence-electron chi connectivity index (χ2n) is 20.3. The van der Waals surface area contributed by atoms with Gasteiger partial charge in [0, 0.05) is 49.5 Å². The number of hydrogen-bond donors (Lipinski definition) is 0. The van der Waals surface area contributed by atoms with E-state index in [9.17, 15) is 0 Å². The van der Waals surface area contributed by atoms with Crippen molar-refractivity contribution in [3.8, 4) is 101 Å². The van der Waals surface area contributed by atoms with E-state index in [1.165, 1.54) is 11.1 Å². The summed E-state index contributed by atoms with van der Waals surface area (Å²) < 4.78 is 4.78. The van der Waals surface area contributed by atoms with Crippen molar-refractivity contribution in [1.82, 2.24) is 24.1 Å². The van der Waals surface area contributed by atoms with Gasteiger partial charge in [-0.15, -0.1) is 0 Å². The van der Waals surface area contributed by atoms with Crippen molar-refractivity contribution in [1.29, 1.82) is 0 Å². The third-order valence-corrected chi connectivity index (χ3v) is 15.6. The van der Waals surface area contributed by atoms with Crippen LogP contribution in [0, 0.1) is 0 Å². The molecule has 3 aromatic heterocycles. The Bertz CT molecular complexity index is 4740. The lowest BCUT2D eigenvalue weighted by atomic mass is 9.86. The summed E-state index contributed by atoms with van der Waals surface area (Å²) in [5, 5.41) is 4.46. The van der Waals surface area contributed by atoms with E-state index < -0.39 is 0 Å². The van der Waals surface area contributed by atoms with E-state index in [4.69, 9.17) is 15.0 Å². The highest BCUT2D eigenvalue weighted by Gasteiger charge is 2.30. The SMILES string of the molecule is c1ccc(-c2ccc(-c3nc(-c4cccc(-c5ccccc5)c4)nc(-n4c5ccccc5c5c(-c6ccc(-c7ccccc7)cc6)c(-c6ccc(-c7ccccc7)cc6)c6c7ccccc7n(-c7ccccc7)c6c54)n3)cc2)cc1. The normalized spacial score (nSPS) is 11.5. The summed E-state index contributed by atoms with van der Waals surface area (Å²) in [7, 11) is 0. The molecule has 15 rings (SSSR count).